The number of hydrogen-bond acceptors (Lipinski definition) is 4. The largest absolute Gasteiger partial charge is 0.490 e. The van der Waals surface area contributed by atoms with Gasteiger partial charge in [0.05, 0.1) is 16.7 Å². The van der Waals surface area contributed by atoms with Crippen molar-refractivity contribution in [3.8, 4) is 5.75 Å². The highest BCUT2D eigenvalue weighted by Gasteiger charge is 2.13. The van der Waals surface area contributed by atoms with E-state index in [1.807, 2.05) is 6.92 Å². The van der Waals surface area contributed by atoms with E-state index in [1.54, 1.807) is 23.6 Å². The van der Waals surface area contributed by atoms with Crippen LogP contribution in [0.2, 0.25) is 10.0 Å². The first-order valence-corrected chi connectivity index (χ1v) is 9.47. The van der Waals surface area contributed by atoms with Gasteiger partial charge in [0.1, 0.15) is 4.21 Å². The van der Waals surface area contributed by atoms with Crippen LogP contribution in [0, 0.1) is 0 Å². The van der Waals surface area contributed by atoms with Gasteiger partial charge >= 0.3 is 0 Å². The van der Waals surface area contributed by atoms with E-state index in [2.05, 4.69) is 4.40 Å². The molecule has 22 heavy (non-hydrogen) atoms. The van der Waals surface area contributed by atoms with Crippen LogP contribution in [0.25, 0.3) is 0 Å². The Balaban J connectivity index is 2.26. The second kappa shape index (κ2) is 7.46. The molecule has 0 fully saturated rings. The van der Waals surface area contributed by atoms with Crippen LogP contribution >= 0.6 is 34.5 Å². The first-order valence-electron chi connectivity index (χ1n) is 6.39. The fraction of sp³-hybridized carbons (Fsp3) is 0.214. The summed E-state index contributed by atoms with van der Waals surface area (Å²) in [7, 11) is -3.69. The molecule has 1 heterocycles. The fourth-order valence-corrected chi connectivity index (χ4v) is 4.05. The lowest BCUT2D eigenvalue weighted by atomic mass is 10.2. The SMILES string of the molecule is CCCOc1c(Cl)cc(/C=N\S(=O)(=O)c2cccs2)cc1Cl. The highest BCUT2D eigenvalue weighted by Crippen LogP contribution is 2.34. The van der Waals surface area contributed by atoms with Gasteiger partial charge in [-0.2, -0.15) is 12.8 Å². The molecule has 0 saturated heterocycles. The van der Waals surface area contributed by atoms with E-state index in [-0.39, 0.29) is 4.21 Å². The summed E-state index contributed by atoms with van der Waals surface area (Å²) in [5.41, 5.74) is 0.485. The van der Waals surface area contributed by atoms with E-state index < -0.39 is 10.0 Å². The second-order valence-corrected chi connectivity index (χ2v) is 7.93. The lowest BCUT2D eigenvalue weighted by Crippen LogP contribution is -1.98. The zero-order valence-electron chi connectivity index (χ0n) is 11.6. The molecule has 4 nitrogen and oxygen atoms in total. The quantitative estimate of drug-likeness (QED) is 0.688. The minimum atomic E-state index is -3.69. The van der Waals surface area contributed by atoms with Gasteiger partial charge in [-0.15, -0.1) is 11.3 Å². The highest BCUT2D eigenvalue weighted by atomic mass is 35.5. The van der Waals surface area contributed by atoms with Crippen molar-refractivity contribution in [2.24, 2.45) is 4.40 Å². The van der Waals surface area contributed by atoms with Gasteiger partial charge in [-0.1, -0.05) is 36.2 Å². The van der Waals surface area contributed by atoms with Crippen LogP contribution in [-0.2, 0) is 10.0 Å². The van der Waals surface area contributed by atoms with Crippen molar-refractivity contribution >= 4 is 50.8 Å². The Morgan fingerprint density at radius 2 is 2.00 bits per heavy atom. The predicted molar refractivity (Wildman–Crippen MR) is 91.3 cm³/mol. The minimum Gasteiger partial charge on any atom is -0.490 e. The maximum absolute atomic E-state index is 12.0. The van der Waals surface area contributed by atoms with E-state index >= 15 is 0 Å². The molecule has 0 unspecified atom stereocenters. The standard InChI is InChI=1S/C14H13Cl2NO3S2/c1-2-5-20-14-11(15)7-10(8-12(14)16)9-17-22(18,19)13-4-3-6-21-13/h3-4,6-9H,2,5H2,1H3/b17-9-. The van der Waals surface area contributed by atoms with Crippen LogP contribution in [0.15, 0.2) is 38.3 Å². The molecule has 0 atom stereocenters. The third-order valence-electron chi connectivity index (χ3n) is 2.56. The molecule has 2 rings (SSSR count). The van der Waals surface area contributed by atoms with Gasteiger partial charge in [0.25, 0.3) is 10.0 Å². The molecule has 2 aromatic rings. The molecule has 0 aliphatic carbocycles. The number of halogens is 2. The number of benzene rings is 1. The predicted octanol–water partition coefficient (Wildman–Crippen LogP) is 4.65. The Bertz CT molecular complexity index is 748. The third-order valence-corrected chi connectivity index (χ3v) is 5.73. The fourth-order valence-electron chi connectivity index (χ4n) is 1.59. The van der Waals surface area contributed by atoms with Crippen molar-refractivity contribution in [2.45, 2.75) is 17.6 Å². The summed E-state index contributed by atoms with van der Waals surface area (Å²) in [5, 5.41) is 2.31. The van der Waals surface area contributed by atoms with Gasteiger partial charge in [-0.3, -0.25) is 0 Å². The molecular formula is C14H13Cl2NO3S2. The minimum absolute atomic E-state index is 0.184. The third kappa shape index (κ3) is 4.23. The molecule has 0 amide bonds. The van der Waals surface area contributed by atoms with Crippen molar-refractivity contribution in [3.63, 3.8) is 0 Å². The second-order valence-electron chi connectivity index (χ2n) is 4.30. The summed E-state index contributed by atoms with van der Waals surface area (Å²) in [4.78, 5) is 0. The lowest BCUT2D eigenvalue weighted by Gasteiger charge is -2.09. The smallest absolute Gasteiger partial charge is 0.291 e. The lowest BCUT2D eigenvalue weighted by molar-refractivity contribution is 0.318. The molecule has 0 aliphatic heterocycles. The van der Waals surface area contributed by atoms with E-state index in [0.29, 0.717) is 28.0 Å². The Morgan fingerprint density at radius 3 is 2.55 bits per heavy atom. The Morgan fingerprint density at radius 1 is 1.32 bits per heavy atom. The Kier molecular flexibility index (Phi) is 5.86. The molecule has 0 spiro atoms. The van der Waals surface area contributed by atoms with E-state index in [1.165, 1.54) is 12.3 Å². The summed E-state index contributed by atoms with van der Waals surface area (Å²) in [6.45, 7) is 2.47. The van der Waals surface area contributed by atoms with Crippen LogP contribution in [0.4, 0.5) is 0 Å². The van der Waals surface area contributed by atoms with Crippen LogP contribution < -0.4 is 4.74 Å². The molecule has 0 radical (unpaired) electrons. The van der Waals surface area contributed by atoms with Crippen LogP contribution in [0.3, 0.4) is 0 Å². The summed E-state index contributed by atoms with van der Waals surface area (Å²) in [6, 6.07) is 6.28. The van der Waals surface area contributed by atoms with E-state index in [9.17, 15) is 8.42 Å². The zero-order chi connectivity index (χ0) is 16.2. The van der Waals surface area contributed by atoms with E-state index in [0.717, 1.165) is 17.8 Å². The average molecular weight is 378 g/mol. The maximum atomic E-state index is 12.0. The van der Waals surface area contributed by atoms with Gasteiger partial charge in [0, 0.05) is 6.21 Å². The molecule has 0 saturated carbocycles. The monoisotopic (exact) mass is 377 g/mol. The van der Waals surface area contributed by atoms with Crippen molar-refractivity contribution in [2.75, 3.05) is 6.61 Å². The van der Waals surface area contributed by atoms with Crippen LogP contribution in [0.1, 0.15) is 18.9 Å². The summed E-state index contributed by atoms with van der Waals surface area (Å²) in [6.07, 6.45) is 2.05. The first-order chi connectivity index (χ1) is 10.4. The molecule has 1 aromatic heterocycles. The first kappa shape index (κ1) is 17.3. The summed E-state index contributed by atoms with van der Waals surface area (Å²) in [5.74, 6) is 0.392. The topological polar surface area (TPSA) is 55.7 Å². The normalized spacial score (nSPS) is 12.0. The van der Waals surface area contributed by atoms with Gasteiger partial charge < -0.3 is 4.74 Å². The maximum Gasteiger partial charge on any atom is 0.291 e. The van der Waals surface area contributed by atoms with Gasteiger partial charge in [-0.25, -0.2) is 0 Å². The number of nitrogens with zero attached hydrogens (tertiary/aromatic N) is 1. The molecule has 0 aliphatic rings. The number of thiophene rings is 1. The van der Waals surface area contributed by atoms with Crippen LogP contribution in [-0.4, -0.2) is 21.2 Å². The highest BCUT2D eigenvalue weighted by molar-refractivity contribution is 7.92. The summed E-state index contributed by atoms with van der Waals surface area (Å²) >= 11 is 13.3. The van der Waals surface area contributed by atoms with Crippen LogP contribution in [0.5, 0.6) is 5.75 Å². The molecular weight excluding hydrogens is 365 g/mol. The number of hydrogen-bond donors (Lipinski definition) is 0. The van der Waals surface area contributed by atoms with Gasteiger partial charge in [0.15, 0.2) is 5.75 Å². The molecule has 0 N–H and O–H groups in total. The van der Waals surface area contributed by atoms with Crippen molar-refractivity contribution < 1.29 is 13.2 Å². The number of sulfonamides is 1. The number of rotatable bonds is 6. The Labute approximate surface area is 143 Å². The van der Waals surface area contributed by atoms with E-state index in [4.69, 9.17) is 27.9 Å². The molecule has 0 bridgehead atoms. The van der Waals surface area contributed by atoms with Crippen molar-refractivity contribution in [3.05, 3.63) is 45.3 Å². The Hall–Kier alpha value is -1.08. The molecule has 8 heteroatoms. The van der Waals surface area contributed by atoms with Gasteiger partial charge in [-0.05, 0) is 35.6 Å². The molecule has 1 aromatic carbocycles. The summed E-state index contributed by atoms with van der Waals surface area (Å²) < 4.78 is 33.2. The zero-order valence-corrected chi connectivity index (χ0v) is 14.8. The average Bonchev–Trinajstić information content (AvgIpc) is 2.99. The van der Waals surface area contributed by atoms with Crippen molar-refractivity contribution in [1.29, 1.82) is 0 Å². The molecule has 118 valence electrons. The number of ether oxygens (including phenoxy) is 1. The van der Waals surface area contributed by atoms with Gasteiger partial charge in [0.2, 0.25) is 0 Å². The van der Waals surface area contributed by atoms with Crippen molar-refractivity contribution in [1.82, 2.24) is 0 Å².